The molecule has 17 heavy (non-hydrogen) atoms. The smallest absolute Gasteiger partial charge is 0.0487 e. The van der Waals surface area contributed by atoms with E-state index in [4.69, 9.17) is 0 Å². The molecule has 2 rings (SSSR count). The predicted octanol–water partition coefficient (Wildman–Crippen LogP) is 5.45. The Hall–Kier alpha value is -0.0200. The van der Waals surface area contributed by atoms with E-state index in [-0.39, 0.29) is 0 Å². The minimum absolute atomic E-state index is 0.624. The second-order valence-electron chi connectivity index (χ2n) is 5.23. The average Bonchev–Trinajstić information content (AvgIpc) is 2.27. The number of halogens is 2. The van der Waals surface area contributed by atoms with Gasteiger partial charge < -0.3 is 5.32 Å². The van der Waals surface area contributed by atoms with Crippen molar-refractivity contribution in [3.05, 3.63) is 27.1 Å². The lowest BCUT2D eigenvalue weighted by Gasteiger charge is -2.33. The molecule has 0 aliphatic heterocycles. The Bertz CT molecular complexity index is 392. The van der Waals surface area contributed by atoms with Crippen molar-refractivity contribution in [1.29, 1.82) is 0 Å². The largest absolute Gasteiger partial charge is 0.381 e. The van der Waals surface area contributed by atoms with Crippen LogP contribution in [0.2, 0.25) is 0 Å². The highest BCUT2D eigenvalue weighted by Gasteiger charge is 2.24. The van der Waals surface area contributed by atoms with Gasteiger partial charge in [-0.2, -0.15) is 0 Å². The van der Waals surface area contributed by atoms with E-state index in [9.17, 15) is 0 Å². The molecule has 1 aromatic rings. The summed E-state index contributed by atoms with van der Waals surface area (Å²) in [6.45, 7) is 4.74. The first-order valence-corrected chi connectivity index (χ1v) is 7.86. The van der Waals surface area contributed by atoms with Crippen molar-refractivity contribution in [3.8, 4) is 0 Å². The van der Waals surface area contributed by atoms with Crippen LogP contribution >= 0.6 is 31.9 Å². The molecule has 1 nitrogen and oxygen atoms in total. The number of hydrogen-bond acceptors (Lipinski definition) is 1. The summed E-state index contributed by atoms with van der Waals surface area (Å²) in [5.74, 6) is 1.71. The zero-order valence-electron chi connectivity index (χ0n) is 10.3. The van der Waals surface area contributed by atoms with Crippen molar-refractivity contribution < 1.29 is 0 Å². The molecule has 0 radical (unpaired) electrons. The second-order valence-corrected chi connectivity index (χ2v) is 7.00. The van der Waals surface area contributed by atoms with Crippen molar-refractivity contribution in [2.75, 3.05) is 5.32 Å². The van der Waals surface area contributed by atoms with Crippen LogP contribution in [0.3, 0.4) is 0 Å². The van der Waals surface area contributed by atoms with Crippen LogP contribution in [0.4, 0.5) is 5.69 Å². The van der Waals surface area contributed by atoms with Gasteiger partial charge in [-0.25, -0.2) is 0 Å². The quantitative estimate of drug-likeness (QED) is 0.739. The SMILES string of the molecule is CC1CCC(Nc2ccc(Br)cc2Br)CC1C. The van der Waals surface area contributed by atoms with Gasteiger partial charge in [0.25, 0.3) is 0 Å². The van der Waals surface area contributed by atoms with Crippen LogP contribution in [0.25, 0.3) is 0 Å². The van der Waals surface area contributed by atoms with Crippen LogP contribution < -0.4 is 5.32 Å². The van der Waals surface area contributed by atoms with Gasteiger partial charge >= 0.3 is 0 Å². The Labute approximate surface area is 121 Å². The lowest BCUT2D eigenvalue weighted by Crippen LogP contribution is -2.30. The maximum atomic E-state index is 3.66. The van der Waals surface area contributed by atoms with Crippen LogP contribution in [0.1, 0.15) is 33.1 Å². The molecule has 0 heterocycles. The Morgan fingerprint density at radius 3 is 2.53 bits per heavy atom. The molecule has 94 valence electrons. The molecule has 1 aromatic carbocycles. The maximum absolute atomic E-state index is 3.66. The van der Waals surface area contributed by atoms with Crippen molar-refractivity contribution in [2.45, 2.75) is 39.2 Å². The Morgan fingerprint density at radius 2 is 1.88 bits per heavy atom. The molecule has 1 fully saturated rings. The fourth-order valence-electron chi connectivity index (χ4n) is 2.51. The van der Waals surface area contributed by atoms with Gasteiger partial charge in [0.1, 0.15) is 0 Å². The average molecular weight is 361 g/mol. The molecule has 0 aromatic heterocycles. The Morgan fingerprint density at radius 1 is 1.12 bits per heavy atom. The van der Waals surface area contributed by atoms with Crippen molar-refractivity contribution in [3.63, 3.8) is 0 Å². The van der Waals surface area contributed by atoms with Crippen molar-refractivity contribution in [2.24, 2.45) is 11.8 Å². The third-order valence-electron chi connectivity index (χ3n) is 3.89. The van der Waals surface area contributed by atoms with E-state index < -0.39 is 0 Å². The van der Waals surface area contributed by atoms with Crippen LogP contribution in [-0.2, 0) is 0 Å². The molecule has 0 amide bonds. The van der Waals surface area contributed by atoms with Crippen LogP contribution in [-0.4, -0.2) is 6.04 Å². The summed E-state index contributed by atoms with van der Waals surface area (Å²) in [6.07, 6.45) is 3.91. The molecular weight excluding hydrogens is 342 g/mol. The topological polar surface area (TPSA) is 12.0 Å². The van der Waals surface area contributed by atoms with E-state index >= 15 is 0 Å². The molecule has 0 saturated heterocycles. The summed E-state index contributed by atoms with van der Waals surface area (Å²) in [5.41, 5.74) is 1.21. The summed E-state index contributed by atoms with van der Waals surface area (Å²) in [4.78, 5) is 0. The monoisotopic (exact) mass is 359 g/mol. The first-order chi connectivity index (χ1) is 8.06. The lowest BCUT2D eigenvalue weighted by atomic mass is 9.79. The van der Waals surface area contributed by atoms with Crippen LogP contribution in [0, 0.1) is 11.8 Å². The molecule has 3 unspecified atom stereocenters. The standard InChI is InChI=1S/C14H19Br2N/c1-9-3-5-12(7-10(9)2)17-14-6-4-11(15)8-13(14)16/h4,6,8-10,12,17H,3,5,7H2,1-2H3. The molecule has 3 heteroatoms. The maximum Gasteiger partial charge on any atom is 0.0487 e. The van der Waals surface area contributed by atoms with Gasteiger partial charge in [0.05, 0.1) is 0 Å². The first-order valence-electron chi connectivity index (χ1n) is 6.28. The number of nitrogens with one attached hydrogen (secondary N) is 1. The predicted molar refractivity (Wildman–Crippen MR) is 81.4 cm³/mol. The third kappa shape index (κ3) is 3.47. The highest BCUT2D eigenvalue weighted by molar-refractivity contribution is 9.11. The highest BCUT2D eigenvalue weighted by atomic mass is 79.9. The number of hydrogen-bond donors (Lipinski definition) is 1. The molecule has 0 bridgehead atoms. The molecule has 1 aliphatic rings. The van der Waals surface area contributed by atoms with Gasteiger partial charge in [-0.3, -0.25) is 0 Å². The molecule has 3 atom stereocenters. The fourth-order valence-corrected chi connectivity index (χ4v) is 3.67. The lowest BCUT2D eigenvalue weighted by molar-refractivity contribution is 0.261. The van der Waals surface area contributed by atoms with Crippen molar-refractivity contribution >= 4 is 37.5 Å². The number of rotatable bonds is 2. The van der Waals surface area contributed by atoms with Gasteiger partial charge in [-0.05, 0) is 65.2 Å². The molecule has 1 aliphatic carbocycles. The first kappa shape index (κ1) is 13.4. The van der Waals surface area contributed by atoms with E-state index in [2.05, 4.69) is 69.2 Å². The summed E-state index contributed by atoms with van der Waals surface area (Å²) in [6, 6.07) is 6.94. The van der Waals surface area contributed by atoms with Gasteiger partial charge in [0.2, 0.25) is 0 Å². The van der Waals surface area contributed by atoms with Gasteiger partial charge in [0, 0.05) is 20.7 Å². The van der Waals surface area contributed by atoms with E-state index in [1.165, 1.54) is 24.9 Å². The van der Waals surface area contributed by atoms with Crippen LogP contribution in [0.5, 0.6) is 0 Å². The van der Waals surface area contributed by atoms with Crippen molar-refractivity contribution in [1.82, 2.24) is 0 Å². The third-order valence-corrected chi connectivity index (χ3v) is 5.04. The van der Waals surface area contributed by atoms with E-state index in [0.717, 1.165) is 20.8 Å². The van der Waals surface area contributed by atoms with E-state index in [1.807, 2.05) is 0 Å². The molecular formula is C14H19Br2N. The zero-order valence-corrected chi connectivity index (χ0v) is 13.5. The van der Waals surface area contributed by atoms with Gasteiger partial charge in [0.15, 0.2) is 0 Å². The number of benzene rings is 1. The van der Waals surface area contributed by atoms with E-state index in [0.29, 0.717) is 6.04 Å². The summed E-state index contributed by atoms with van der Waals surface area (Å²) >= 11 is 7.09. The Kier molecular flexibility index (Phi) is 4.53. The Balaban J connectivity index is 2.01. The normalized spacial score (nSPS) is 29.1. The zero-order chi connectivity index (χ0) is 12.4. The van der Waals surface area contributed by atoms with Crippen LogP contribution in [0.15, 0.2) is 27.1 Å². The molecule has 0 spiro atoms. The van der Waals surface area contributed by atoms with Gasteiger partial charge in [-0.1, -0.05) is 29.8 Å². The number of anilines is 1. The summed E-state index contributed by atoms with van der Waals surface area (Å²) in [7, 11) is 0. The minimum atomic E-state index is 0.624. The second kappa shape index (κ2) is 5.75. The molecule has 1 saturated carbocycles. The molecule has 1 N–H and O–H groups in total. The van der Waals surface area contributed by atoms with Gasteiger partial charge in [-0.15, -0.1) is 0 Å². The minimum Gasteiger partial charge on any atom is -0.381 e. The summed E-state index contributed by atoms with van der Waals surface area (Å²) in [5, 5.41) is 3.66. The fraction of sp³-hybridized carbons (Fsp3) is 0.571. The summed E-state index contributed by atoms with van der Waals surface area (Å²) < 4.78 is 2.25. The van der Waals surface area contributed by atoms with E-state index in [1.54, 1.807) is 0 Å². The highest BCUT2D eigenvalue weighted by Crippen LogP contribution is 2.33.